The average Bonchev–Trinajstić information content (AvgIpc) is 2.65. The van der Waals surface area contributed by atoms with Crippen molar-refractivity contribution in [1.29, 1.82) is 0 Å². The van der Waals surface area contributed by atoms with Crippen molar-refractivity contribution in [3.8, 4) is 11.5 Å². The summed E-state index contributed by atoms with van der Waals surface area (Å²) >= 11 is 0. The van der Waals surface area contributed by atoms with E-state index in [1.54, 1.807) is 18.2 Å². The number of anilines is 1. The van der Waals surface area contributed by atoms with Crippen molar-refractivity contribution in [3.63, 3.8) is 0 Å². The molecule has 1 unspecified atom stereocenters. The molecule has 0 aliphatic rings. The molecule has 0 fully saturated rings. The Morgan fingerprint density at radius 3 is 2.12 bits per heavy atom. The van der Waals surface area contributed by atoms with Gasteiger partial charge in [-0.05, 0) is 29.8 Å². The zero-order valence-electron chi connectivity index (χ0n) is 13.6. The number of nitrogens with one attached hydrogen (secondary N) is 1. The summed E-state index contributed by atoms with van der Waals surface area (Å²) in [5.74, 6) is -0.386. The fourth-order valence-corrected chi connectivity index (χ4v) is 2.67. The van der Waals surface area contributed by atoms with Crippen molar-refractivity contribution in [2.24, 2.45) is 0 Å². The second-order valence-electron chi connectivity index (χ2n) is 5.80. The molecule has 0 aliphatic carbocycles. The molecule has 3 aromatic rings. The van der Waals surface area contributed by atoms with Crippen molar-refractivity contribution in [1.82, 2.24) is 0 Å². The predicted octanol–water partition coefficient (Wildman–Crippen LogP) is 4.52. The highest BCUT2D eigenvalue weighted by Crippen LogP contribution is 2.31. The number of carbonyl (C=O) groups is 1. The Balaban J connectivity index is 1.88. The van der Waals surface area contributed by atoms with Gasteiger partial charge in [0.2, 0.25) is 0 Å². The Bertz CT molecular complexity index is 848. The highest BCUT2D eigenvalue weighted by Gasteiger charge is 2.18. The Labute approximate surface area is 146 Å². The van der Waals surface area contributed by atoms with Crippen LogP contribution in [0.3, 0.4) is 0 Å². The van der Waals surface area contributed by atoms with Gasteiger partial charge in [-0.3, -0.25) is 4.79 Å². The third-order valence-electron chi connectivity index (χ3n) is 4.00. The molecule has 0 aromatic heterocycles. The van der Waals surface area contributed by atoms with Crippen molar-refractivity contribution in [2.45, 2.75) is 12.5 Å². The summed E-state index contributed by atoms with van der Waals surface area (Å²) in [6.45, 7) is 0. The van der Waals surface area contributed by atoms with Crippen LogP contribution in [0.25, 0.3) is 0 Å². The van der Waals surface area contributed by atoms with Gasteiger partial charge in [-0.25, -0.2) is 0 Å². The van der Waals surface area contributed by atoms with Gasteiger partial charge in [0.15, 0.2) is 17.3 Å². The van der Waals surface area contributed by atoms with Crippen molar-refractivity contribution < 1.29 is 15.0 Å². The lowest BCUT2D eigenvalue weighted by Crippen LogP contribution is -2.15. The summed E-state index contributed by atoms with van der Waals surface area (Å²) in [6.07, 6.45) is 0.225. The quantitative estimate of drug-likeness (QED) is 0.458. The zero-order valence-corrected chi connectivity index (χ0v) is 13.6. The van der Waals surface area contributed by atoms with Crippen LogP contribution in [-0.4, -0.2) is 16.0 Å². The maximum Gasteiger partial charge on any atom is 0.165 e. The molecule has 3 aromatic carbocycles. The van der Waals surface area contributed by atoms with E-state index in [9.17, 15) is 15.0 Å². The molecule has 3 rings (SSSR count). The minimum absolute atomic E-state index is 0.00148. The molecule has 0 aliphatic heterocycles. The Kier molecular flexibility index (Phi) is 5.00. The van der Waals surface area contributed by atoms with Crippen LogP contribution in [0.1, 0.15) is 28.4 Å². The molecule has 0 amide bonds. The first-order valence-corrected chi connectivity index (χ1v) is 8.05. The van der Waals surface area contributed by atoms with Gasteiger partial charge in [0.05, 0.1) is 6.04 Å². The zero-order chi connectivity index (χ0) is 17.6. The summed E-state index contributed by atoms with van der Waals surface area (Å²) in [6, 6.07) is 23.0. The van der Waals surface area contributed by atoms with Crippen molar-refractivity contribution in [3.05, 3.63) is 90.0 Å². The first-order valence-electron chi connectivity index (χ1n) is 8.05. The molecular weight excluding hydrogens is 314 g/mol. The summed E-state index contributed by atoms with van der Waals surface area (Å²) in [5.41, 5.74) is 2.25. The first kappa shape index (κ1) is 16.6. The number of rotatable bonds is 6. The van der Waals surface area contributed by atoms with E-state index in [1.807, 2.05) is 48.5 Å². The second-order valence-corrected chi connectivity index (χ2v) is 5.80. The number of phenols is 2. The lowest BCUT2D eigenvalue weighted by Gasteiger charge is -2.20. The summed E-state index contributed by atoms with van der Waals surface area (Å²) < 4.78 is 0. The van der Waals surface area contributed by atoms with Gasteiger partial charge in [0.1, 0.15) is 0 Å². The van der Waals surface area contributed by atoms with Gasteiger partial charge in [0.25, 0.3) is 0 Å². The first-order chi connectivity index (χ1) is 12.1. The van der Waals surface area contributed by atoms with E-state index in [2.05, 4.69) is 5.32 Å². The molecule has 0 saturated heterocycles. The molecule has 126 valence electrons. The molecule has 4 nitrogen and oxygen atoms in total. The molecule has 0 radical (unpaired) electrons. The molecule has 1 atom stereocenters. The van der Waals surface area contributed by atoms with E-state index in [0.29, 0.717) is 5.56 Å². The van der Waals surface area contributed by atoms with Crippen LogP contribution in [0, 0.1) is 0 Å². The van der Waals surface area contributed by atoms with E-state index in [-0.39, 0.29) is 29.7 Å². The largest absolute Gasteiger partial charge is 0.504 e. The summed E-state index contributed by atoms with van der Waals surface area (Å²) in [5, 5.41) is 22.7. The number of hydrogen-bond acceptors (Lipinski definition) is 4. The smallest absolute Gasteiger partial charge is 0.165 e. The Morgan fingerprint density at radius 1 is 0.840 bits per heavy atom. The number of aromatic hydroxyl groups is 2. The maximum absolute atomic E-state index is 12.6. The number of Topliss-reactive ketones (excluding diaryl/α,β-unsaturated/α-hetero) is 1. The summed E-state index contributed by atoms with van der Waals surface area (Å²) in [7, 11) is 0. The molecule has 0 spiro atoms. The number of carbonyl (C=O) groups excluding carboxylic acids is 1. The minimum Gasteiger partial charge on any atom is -0.504 e. The third kappa shape index (κ3) is 4.18. The third-order valence-corrected chi connectivity index (χ3v) is 4.00. The van der Waals surface area contributed by atoms with Crippen LogP contribution in [0.2, 0.25) is 0 Å². The Hall–Kier alpha value is -3.27. The molecule has 0 saturated carbocycles. The van der Waals surface area contributed by atoms with Crippen LogP contribution >= 0.6 is 0 Å². The van der Waals surface area contributed by atoms with Gasteiger partial charge in [-0.2, -0.15) is 0 Å². The van der Waals surface area contributed by atoms with Gasteiger partial charge in [-0.15, -0.1) is 0 Å². The van der Waals surface area contributed by atoms with Crippen molar-refractivity contribution >= 4 is 11.5 Å². The molecule has 25 heavy (non-hydrogen) atoms. The minimum atomic E-state index is -0.332. The molecule has 0 heterocycles. The lowest BCUT2D eigenvalue weighted by atomic mass is 9.97. The molecule has 4 heteroatoms. The molecule has 3 N–H and O–H groups in total. The Morgan fingerprint density at radius 2 is 1.48 bits per heavy atom. The van der Waals surface area contributed by atoms with Crippen LogP contribution in [0.4, 0.5) is 5.69 Å². The van der Waals surface area contributed by atoms with Crippen LogP contribution in [-0.2, 0) is 0 Å². The number of hydrogen-bond donors (Lipinski definition) is 3. The number of para-hydroxylation sites is 1. The highest BCUT2D eigenvalue weighted by molar-refractivity contribution is 5.96. The lowest BCUT2D eigenvalue weighted by molar-refractivity contribution is 0.0976. The fraction of sp³-hybridized carbons (Fsp3) is 0.0952. The highest BCUT2D eigenvalue weighted by atomic mass is 16.3. The van der Waals surface area contributed by atoms with E-state index < -0.39 is 0 Å². The number of phenolic OH excluding ortho intramolecular Hbond substituents is 2. The number of ketones is 1. The van der Waals surface area contributed by atoms with Gasteiger partial charge in [-0.1, -0.05) is 54.6 Å². The van der Waals surface area contributed by atoms with E-state index in [1.165, 1.54) is 12.1 Å². The topological polar surface area (TPSA) is 69.6 Å². The fourth-order valence-electron chi connectivity index (χ4n) is 2.67. The SMILES string of the molecule is O=C(CC(Nc1ccccc1)c1ccc(O)c(O)c1)c1ccccc1. The second kappa shape index (κ2) is 7.53. The van der Waals surface area contributed by atoms with E-state index in [4.69, 9.17) is 0 Å². The van der Waals surface area contributed by atoms with E-state index in [0.717, 1.165) is 11.3 Å². The normalized spacial score (nSPS) is 11.7. The van der Waals surface area contributed by atoms with Crippen LogP contribution in [0.15, 0.2) is 78.9 Å². The average molecular weight is 333 g/mol. The van der Waals surface area contributed by atoms with Crippen LogP contribution in [0.5, 0.6) is 11.5 Å². The monoisotopic (exact) mass is 333 g/mol. The maximum atomic E-state index is 12.6. The van der Waals surface area contributed by atoms with Crippen molar-refractivity contribution in [2.75, 3.05) is 5.32 Å². The summed E-state index contributed by atoms with van der Waals surface area (Å²) in [4.78, 5) is 12.6. The van der Waals surface area contributed by atoms with Gasteiger partial charge >= 0.3 is 0 Å². The van der Waals surface area contributed by atoms with Gasteiger partial charge in [0, 0.05) is 17.7 Å². The predicted molar refractivity (Wildman–Crippen MR) is 98.0 cm³/mol. The van der Waals surface area contributed by atoms with E-state index >= 15 is 0 Å². The molecule has 0 bridgehead atoms. The van der Waals surface area contributed by atoms with Gasteiger partial charge < -0.3 is 15.5 Å². The number of benzene rings is 3. The molecular formula is C21H19NO3. The standard InChI is InChI=1S/C21H19NO3/c23-19-12-11-16(13-21(19)25)18(22-17-9-5-2-6-10-17)14-20(24)15-7-3-1-4-8-15/h1-13,18,22-23,25H,14H2. The van der Waals surface area contributed by atoms with Crippen LogP contribution < -0.4 is 5.32 Å².